The smallest absolute Gasteiger partial charge is 0.255 e. The third-order valence-corrected chi connectivity index (χ3v) is 3.63. The maximum atomic E-state index is 11.9. The summed E-state index contributed by atoms with van der Waals surface area (Å²) < 4.78 is 0. The zero-order chi connectivity index (χ0) is 13.5. The highest BCUT2D eigenvalue weighted by molar-refractivity contribution is 7.99. The molecule has 0 aliphatic heterocycles. The third kappa shape index (κ3) is 4.69. The molecule has 0 fully saturated rings. The summed E-state index contributed by atoms with van der Waals surface area (Å²) >= 11 is 1.63. The molecule has 1 heterocycles. The quantitative estimate of drug-likeness (QED) is 0.356. The van der Waals surface area contributed by atoms with Gasteiger partial charge in [-0.1, -0.05) is 43.7 Å². The first-order valence-corrected chi connectivity index (χ1v) is 7.40. The number of H-pyrrole nitrogens is 1. The molecule has 18 heavy (non-hydrogen) atoms. The van der Waals surface area contributed by atoms with Crippen molar-refractivity contribution in [2.45, 2.75) is 51.6 Å². The van der Waals surface area contributed by atoms with Crippen LogP contribution in [0.5, 0.6) is 0 Å². The van der Waals surface area contributed by atoms with Crippen LogP contribution < -0.4 is 5.56 Å². The number of rotatable bonds is 7. The lowest BCUT2D eigenvalue weighted by Crippen LogP contribution is -2.17. The summed E-state index contributed by atoms with van der Waals surface area (Å²) in [6.07, 6.45) is 4.21. The summed E-state index contributed by atoms with van der Waals surface area (Å²) in [6.45, 7) is 9.84. The molecule has 1 rings (SSSR count). The summed E-state index contributed by atoms with van der Waals surface area (Å²) in [5.74, 6) is 1.01. The fraction of sp³-hybridized carbons (Fsp3) is 0.571. The van der Waals surface area contributed by atoms with Gasteiger partial charge in [0.05, 0.1) is 0 Å². The number of allylic oxidation sites excluding steroid dienone is 1. The summed E-state index contributed by atoms with van der Waals surface area (Å²) in [5, 5.41) is 0.735. The van der Waals surface area contributed by atoms with E-state index in [0.29, 0.717) is 6.42 Å². The van der Waals surface area contributed by atoms with E-state index in [0.717, 1.165) is 34.2 Å². The highest BCUT2D eigenvalue weighted by Gasteiger charge is 2.08. The van der Waals surface area contributed by atoms with Crippen LogP contribution >= 0.6 is 11.8 Å². The van der Waals surface area contributed by atoms with E-state index >= 15 is 0 Å². The third-order valence-electron chi connectivity index (χ3n) is 2.67. The van der Waals surface area contributed by atoms with Crippen LogP contribution in [-0.4, -0.2) is 15.7 Å². The molecule has 0 radical (unpaired) electrons. The van der Waals surface area contributed by atoms with E-state index < -0.39 is 0 Å². The average molecular weight is 266 g/mol. The van der Waals surface area contributed by atoms with Crippen LogP contribution in [0.25, 0.3) is 0 Å². The Hall–Kier alpha value is -1.03. The minimum atomic E-state index is -0.0245. The maximum Gasteiger partial charge on any atom is 0.255 e. The Labute approximate surface area is 113 Å². The summed E-state index contributed by atoms with van der Waals surface area (Å²) in [5.41, 5.74) is 2.51. The lowest BCUT2D eigenvalue weighted by atomic mass is 10.1. The molecule has 3 nitrogen and oxygen atoms in total. The lowest BCUT2D eigenvalue weighted by molar-refractivity contribution is 0.775. The highest BCUT2D eigenvalue weighted by atomic mass is 32.2. The van der Waals surface area contributed by atoms with Gasteiger partial charge in [-0.05, 0) is 20.3 Å². The first-order valence-electron chi connectivity index (χ1n) is 6.41. The van der Waals surface area contributed by atoms with Gasteiger partial charge in [0.2, 0.25) is 0 Å². The van der Waals surface area contributed by atoms with Gasteiger partial charge in [0, 0.05) is 23.4 Å². The second-order valence-electron chi connectivity index (χ2n) is 4.62. The van der Waals surface area contributed by atoms with Crippen molar-refractivity contribution in [1.29, 1.82) is 0 Å². The van der Waals surface area contributed by atoms with Crippen molar-refractivity contribution in [2.75, 3.05) is 5.75 Å². The van der Waals surface area contributed by atoms with E-state index in [1.54, 1.807) is 11.8 Å². The number of nitrogens with zero attached hydrogens (tertiary/aromatic N) is 1. The van der Waals surface area contributed by atoms with Crippen molar-refractivity contribution in [2.24, 2.45) is 0 Å². The van der Waals surface area contributed by atoms with E-state index in [2.05, 4.69) is 23.5 Å². The van der Waals surface area contributed by atoms with Crippen molar-refractivity contribution >= 4 is 11.8 Å². The number of unbranched alkanes of at least 4 members (excludes halogenated alkanes) is 2. The lowest BCUT2D eigenvalue weighted by Gasteiger charge is -2.06. The first-order chi connectivity index (χ1) is 8.54. The SMILES string of the molecule is C=C(C)Cc1c(C)nc(SCCCCC)[nH]c1=O. The van der Waals surface area contributed by atoms with Gasteiger partial charge < -0.3 is 4.98 Å². The zero-order valence-electron chi connectivity index (χ0n) is 11.5. The molecule has 100 valence electrons. The maximum absolute atomic E-state index is 11.9. The zero-order valence-corrected chi connectivity index (χ0v) is 12.3. The Kier molecular flexibility index (Phi) is 6.19. The monoisotopic (exact) mass is 266 g/mol. The van der Waals surface area contributed by atoms with Crippen molar-refractivity contribution in [1.82, 2.24) is 9.97 Å². The van der Waals surface area contributed by atoms with E-state index in [1.807, 2.05) is 13.8 Å². The Morgan fingerprint density at radius 1 is 1.44 bits per heavy atom. The average Bonchev–Trinajstić information content (AvgIpc) is 2.29. The summed E-state index contributed by atoms with van der Waals surface area (Å²) in [6, 6.07) is 0. The molecule has 0 saturated carbocycles. The molecule has 0 saturated heterocycles. The fourth-order valence-electron chi connectivity index (χ4n) is 1.68. The van der Waals surface area contributed by atoms with Crippen LogP contribution in [0.15, 0.2) is 22.1 Å². The molecule has 0 spiro atoms. The predicted molar refractivity (Wildman–Crippen MR) is 78.4 cm³/mol. The number of hydrogen-bond acceptors (Lipinski definition) is 3. The predicted octanol–water partition coefficient (Wildman–Crippen LogP) is 3.48. The molecule has 1 aromatic rings. The molecule has 0 unspecified atom stereocenters. The van der Waals surface area contributed by atoms with Gasteiger partial charge >= 0.3 is 0 Å². The Morgan fingerprint density at radius 2 is 2.17 bits per heavy atom. The van der Waals surface area contributed by atoms with Crippen LogP contribution in [0.3, 0.4) is 0 Å². The van der Waals surface area contributed by atoms with Gasteiger partial charge in [-0.3, -0.25) is 4.79 Å². The van der Waals surface area contributed by atoms with Gasteiger partial charge in [-0.15, -0.1) is 0 Å². The van der Waals surface area contributed by atoms with Gasteiger partial charge in [0.25, 0.3) is 5.56 Å². The van der Waals surface area contributed by atoms with Gasteiger partial charge in [-0.25, -0.2) is 4.98 Å². The number of aromatic amines is 1. The van der Waals surface area contributed by atoms with Gasteiger partial charge in [-0.2, -0.15) is 0 Å². The molecule has 1 aromatic heterocycles. The van der Waals surface area contributed by atoms with E-state index in [9.17, 15) is 4.79 Å². The highest BCUT2D eigenvalue weighted by Crippen LogP contribution is 2.15. The Balaban J connectivity index is 2.73. The number of aryl methyl sites for hydroxylation is 1. The summed E-state index contributed by atoms with van der Waals surface area (Å²) in [4.78, 5) is 19.2. The number of aromatic nitrogens is 2. The van der Waals surface area contributed by atoms with Crippen LogP contribution in [0, 0.1) is 6.92 Å². The van der Waals surface area contributed by atoms with Gasteiger partial charge in [0.1, 0.15) is 0 Å². The second-order valence-corrected chi connectivity index (χ2v) is 5.71. The van der Waals surface area contributed by atoms with E-state index in [4.69, 9.17) is 0 Å². The first kappa shape index (κ1) is 15.0. The Bertz CT molecular complexity index is 465. The minimum absolute atomic E-state index is 0.0245. The van der Waals surface area contributed by atoms with E-state index in [-0.39, 0.29) is 5.56 Å². The van der Waals surface area contributed by atoms with Crippen LogP contribution in [0.4, 0.5) is 0 Å². The molecule has 1 N–H and O–H groups in total. The standard InChI is InChI=1S/C14H22N2OS/c1-5-6-7-8-18-14-15-11(4)12(9-10(2)3)13(17)16-14/h2,5-9H2,1,3-4H3,(H,15,16,17). The van der Waals surface area contributed by atoms with Crippen molar-refractivity contribution < 1.29 is 0 Å². The molecule has 4 heteroatoms. The summed E-state index contributed by atoms with van der Waals surface area (Å²) in [7, 11) is 0. The van der Waals surface area contributed by atoms with Gasteiger partial charge in [0.15, 0.2) is 5.16 Å². The van der Waals surface area contributed by atoms with Crippen molar-refractivity contribution in [3.8, 4) is 0 Å². The Morgan fingerprint density at radius 3 is 2.72 bits per heavy atom. The molecule has 0 aromatic carbocycles. The topological polar surface area (TPSA) is 45.8 Å². The molecular weight excluding hydrogens is 244 g/mol. The molecule has 0 amide bonds. The number of nitrogens with one attached hydrogen (secondary N) is 1. The van der Waals surface area contributed by atoms with Crippen molar-refractivity contribution in [3.63, 3.8) is 0 Å². The molecular formula is C14H22N2OS. The van der Waals surface area contributed by atoms with Crippen LogP contribution in [0.1, 0.15) is 44.4 Å². The largest absolute Gasteiger partial charge is 0.301 e. The number of thioether (sulfide) groups is 1. The van der Waals surface area contributed by atoms with Crippen LogP contribution in [-0.2, 0) is 6.42 Å². The second kappa shape index (κ2) is 7.41. The fourth-order valence-corrected chi connectivity index (χ4v) is 2.59. The number of hydrogen-bond donors (Lipinski definition) is 1. The normalized spacial score (nSPS) is 10.6. The van der Waals surface area contributed by atoms with E-state index in [1.165, 1.54) is 12.8 Å². The molecule has 0 atom stereocenters. The minimum Gasteiger partial charge on any atom is -0.301 e. The molecule has 0 bridgehead atoms. The molecule has 0 aliphatic rings. The van der Waals surface area contributed by atoms with Crippen molar-refractivity contribution in [3.05, 3.63) is 33.8 Å². The van der Waals surface area contributed by atoms with Crippen LogP contribution in [0.2, 0.25) is 0 Å². The molecule has 0 aliphatic carbocycles.